The van der Waals surface area contributed by atoms with E-state index in [-0.39, 0.29) is 5.78 Å². The zero-order valence-corrected chi connectivity index (χ0v) is 13.8. The van der Waals surface area contributed by atoms with Gasteiger partial charge in [0.2, 0.25) is 0 Å². The molecule has 4 nitrogen and oxygen atoms in total. The summed E-state index contributed by atoms with van der Waals surface area (Å²) < 4.78 is 10.4. The highest BCUT2D eigenvalue weighted by molar-refractivity contribution is 6.07. The molecule has 0 unspecified atom stereocenters. The largest absolute Gasteiger partial charge is 0.497 e. The molecule has 120 valence electrons. The van der Waals surface area contributed by atoms with E-state index < -0.39 is 0 Å². The fourth-order valence-corrected chi connectivity index (χ4v) is 2.28. The fourth-order valence-electron chi connectivity index (χ4n) is 2.28. The van der Waals surface area contributed by atoms with Crippen molar-refractivity contribution < 1.29 is 14.3 Å². The van der Waals surface area contributed by atoms with E-state index in [0.29, 0.717) is 17.1 Å². The average Bonchev–Trinajstić information content (AvgIpc) is 2.56. The smallest absolute Gasteiger partial charge is 0.191 e. The molecule has 2 rings (SSSR count). The summed E-state index contributed by atoms with van der Waals surface area (Å²) in [4.78, 5) is 12.4. The predicted molar refractivity (Wildman–Crippen MR) is 92.6 cm³/mol. The third-order valence-electron chi connectivity index (χ3n) is 3.53. The van der Waals surface area contributed by atoms with Gasteiger partial charge >= 0.3 is 0 Å². The lowest BCUT2D eigenvalue weighted by molar-refractivity contribution is 0.104. The molecule has 0 heterocycles. The quantitative estimate of drug-likeness (QED) is 0.643. The molecule has 0 fully saturated rings. The SMILES string of the molecule is COc1ccc(OC)c(C(=O)/C=C/Nc2ccc(C)cc2C)c1. The van der Waals surface area contributed by atoms with Crippen molar-refractivity contribution in [2.24, 2.45) is 0 Å². The summed E-state index contributed by atoms with van der Waals surface area (Å²) in [5, 5.41) is 3.13. The van der Waals surface area contributed by atoms with Crippen LogP contribution >= 0.6 is 0 Å². The molecule has 0 aliphatic carbocycles. The van der Waals surface area contributed by atoms with Gasteiger partial charge in [-0.1, -0.05) is 17.7 Å². The van der Waals surface area contributed by atoms with Crippen molar-refractivity contribution in [2.45, 2.75) is 13.8 Å². The first-order valence-corrected chi connectivity index (χ1v) is 7.32. The number of anilines is 1. The van der Waals surface area contributed by atoms with Gasteiger partial charge in [-0.05, 0) is 43.7 Å². The molecule has 0 amide bonds. The van der Waals surface area contributed by atoms with Gasteiger partial charge < -0.3 is 14.8 Å². The first kappa shape index (κ1) is 16.6. The van der Waals surface area contributed by atoms with Gasteiger partial charge in [0.1, 0.15) is 11.5 Å². The second-order valence-corrected chi connectivity index (χ2v) is 5.23. The van der Waals surface area contributed by atoms with Crippen molar-refractivity contribution in [3.05, 3.63) is 65.4 Å². The number of carbonyl (C=O) groups is 1. The second kappa shape index (κ2) is 7.49. The highest BCUT2D eigenvalue weighted by atomic mass is 16.5. The first-order valence-electron chi connectivity index (χ1n) is 7.32. The van der Waals surface area contributed by atoms with E-state index >= 15 is 0 Å². The molecule has 0 atom stereocenters. The summed E-state index contributed by atoms with van der Waals surface area (Å²) in [6, 6.07) is 11.2. The van der Waals surface area contributed by atoms with Crippen molar-refractivity contribution >= 4 is 11.5 Å². The van der Waals surface area contributed by atoms with E-state index in [1.807, 2.05) is 26.0 Å². The number of ether oxygens (including phenoxy) is 2. The zero-order chi connectivity index (χ0) is 16.8. The van der Waals surface area contributed by atoms with E-state index in [0.717, 1.165) is 11.3 Å². The minimum atomic E-state index is -0.155. The Labute approximate surface area is 136 Å². The summed E-state index contributed by atoms with van der Waals surface area (Å²) in [5.74, 6) is 0.981. The van der Waals surface area contributed by atoms with Crippen LogP contribution in [-0.2, 0) is 0 Å². The molecule has 1 N–H and O–H groups in total. The predicted octanol–water partition coefficient (Wildman–Crippen LogP) is 4.13. The van der Waals surface area contributed by atoms with Crippen molar-refractivity contribution in [1.82, 2.24) is 0 Å². The maximum Gasteiger partial charge on any atom is 0.191 e. The number of hydrogen-bond donors (Lipinski definition) is 1. The first-order chi connectivity index (χ1) is 11.0. The lowest BCUT2D eigenvalue weighted by atomic mass is 10.1. The van der Waals surface area contributed by atoms with E-state index in [2.05, 4.69) is 11.4 Å². The summed E-state index contributed by atoms with van der Waals surface area (Å²) in [5.41, 5.74) is 3.76. The third-order valence-corrected chi connectivity index (χ3v) is 3.53. The zero-order valence-electron chi connectivity index (χ0n) is 13.8. The highest BCUT2D eigenvalue weighted by Crippen LogP contribution is 2.24. The molecule has 0 spiro atoms. The maximum absolute atomic E-state index is 12.4. The summed E-state index contributed by atoms with van der Waals surface area (Å²) in [7, 11) is 3.10. The number of rotatable bonds is 6. The summed E-state index contributed by atoms with van der Waals surface area (Å²) >= 11 is 0. The number of nitrogens with one attached hydrogen (secondary N) is 1. The molecule has 0 aliphatic heterocycles. The minimum Gasteiger partial charge on any atom is -0.497 e. The Kier molecular flexibility index (Phi) is 5.41. The summed E-state index contributed by atoms with van der Waals surface area (Å²) in [6.07, 6.45) is 3.12. The van der Waals surface area contributed by atoms with E-state index in [1.54, 1.807) is 31.5 Å². The van der Waals surface area contributed by atoms with Crippen LogP contribution < -0.4 is 14.8 Å². The van der Waals surface area contributed by atoms with Crippen LogP contribution in [0.3, 0.4) is 0 Å². The van der Waals surface area contributed by atoms with Gasteiger partial charge in [0.05, 0.1) is 19.8 Å². The Bertz CT molecular complexity index is 735. The normalized spacial score (nSPS) is 10.6. The molecule has 2 aromatic rings. The number of methoxy groups -OCH3 is 2. The number of aryl methyl sites for hydroxylation is 2. The molecular formula is C19H21NO3. The molecule has 0 aliphatic rings. The van der Waals surface area contributed by atoms with Gasteiger partial charge in [0, 0.05) is 18.0 Å². The van der Waals surface area contributed by atoms with E-state index in [4.69, 9.17) is 9.47 Å². The number of carbonyl (C=O) groups excluding carboxylic acids is 1. The van der Waals surface area contributed by atoms with Crippen LogP contribution in [0.4, 0.5) is 5.69 Å². The molecule has 4 heteroatoms. The molecule has 0 radical (unpaired) electrons. The number of ketones is 1. The van der Waals surface area contributed by atoms with Crippen molar-refractivity contribution in [2.75, 3.05) is 19.5 Å². The summed E-state index contributed by atoms with van der Waals surface area (Å²) in [6.45, 7) is 4.07. The highest BCUT2D eigenvalue weighted by Gasteiger charge is 2.11. The molecule has 2 aromatic carbocycles. The van der Waals surface area contributed by atoms with Crippen LogP contribution in [-0.4, -0.2) is 20.0 Å². The minimum absolute atomic E-state index is 0.155. The third kappa shape index (κ3) is 4.13. The van der Waals surface area contributed by atoms with Crippen LogP contribution in [0.2, 0.25) is 0 Å². The molecular weight excluding hydrogens is 290 g/mol. The Morgan fingerprint density at radius 1 is 1.04 bits per heavy atom. The lowest BCUT2D eigenvalue weighted by Crippen LogP contribution is -2.01. The molecule has 0 saturated heterocycles. The van der Waals surface area contributed by atoms with Gasteiger partial charge in [0.15, 0.2) is 5.78 Å². The molecule has 23 heavy (non-hydrogen) atoms. The molecule has 0 aromatic heterocycles. The number of benzene rings is 2. The monoisotopic (exact) mass is 311 g/mol. The average molecular weight is 311 g/mol. The van der Waals surface area contributed by atoms with E-state index in [9.17, 15) is 4.79 Å². The van der Waals surface area contributed by atoms with Crippen molar-refractivity contribution in [3.8, 4) is 11.5 Å². The second-order valence-electron chi connectivity index (χ2n) is 5.23. The molecule has 0 saturated carbocycles. The van der Waals surface area contributed by atoms with Crippen LogP contribution in [0.5, 0.6) is 11.5 Å². The Morgan fingerprint density at radius 3 is 2.48 bits per heavy atom. The van der Waals surface area contributed by atoms with Crippen LogP contribution in [0, 0.1) is 13.8 Å². The van der Waals surface area contributed by atoms with Gasteiger partial charge in [-0.3, -0.25) is 4.79 Å². The van der Waals surface area contributed by atoms with Gasteiger partial charge in [-0.2, -0.15) is 0 Å². The van der Waals surface area contributed by atoms with Gasteiger partial charge in [0.25, 0.3) is 0 Å². The Hall–Kier alpha value is -2.75. The topological polar surface area (TPSA) is 47.6 Å². The van der Waals surface area contributed by atoms with Crippen LogP contribution in [0.25, 0.3) is 0 Å². The van der Waals surface area contributed by atoms with E-state index in [1.165, 1.54) is 18.7 Å². The van der Waals surface area contributed by atoms with Gasteiger partial charge in [-0.15, -0.1) is 0 Å². The van der Waals surface area contributed by atoms with Crippen LogP contribution in [0.15, 0.2) is 48.7 Å². The van der Waals surface area contributed by atoms with Gasteiger partial charge in [-0.25, -0.2) is 0 Å². The van der Waals surface area contributed by atoms with Crippen molar-refractivity contribution in [3.63, 3.8) is 0 Å². The Balaban J connectivity index is 2.15. The fraction of sp³-hybridized carbons (Fsp3) is 0.211. The van der Waals surface area contributed by atoms with Crippen LogP contribution in [0.1, 0.15) is 21.5 Å². The van der Waals surface area contributed by atoms with Crippen molar-refractivity contribution in [1.29, 1.82) is 0 Å². The maximum atomic E-state index is 12.4. The molecule has 0 bridgehead atoms. The standard InChI is InChI=1S/C19H21NO3/c1-13-5-7-17(14(2)11-13)20-10-9-18(21)16-12-15(22-3)6-8-19(16)23-4/h5-12,20H,1-4H3/b10-9+. The lowest BCUT2D eigenvalue weighted by Gasteiger charge is -2.08. The number of hydrogen-bond acceptors (Lipinski definition) is 4. The Morgan fingerprint density at radius 2 is 1.83 bits per heavy atom. The number of allylic oxidation sites excluding steroid dienone is 1.